The zero-order chi connectivity index (χ0) is 20.5. The van der Waals surface area contributed by atoms with Crippen molar-refractivity contribution < 1.29 is 13.6 Å². The Bertz CT molecular complexity index is 1160. The van der Waals surface area contributed by atoms with Crippen molar-refractivity contribution in [2.24, 2.45) is 0 Å². The number of piperidine rings is 1. The molecule has 4 aromatic rings. The van der Waals surface area contributed by atoms with Crippen molar-refractivity contribution in [1.82, 2.24) is 9.88 Å². The monoisotopic (exact) mass is 420 g/mol. The second-order valence-corrected chi connectivity index (χ2v) is 8.15. The van der Waals surface area contributed by atoms with Gasteiger partial charge in [0.05, 0.1) is 12.1 Å². The second-order valence-electron chi connectivity index (χ2n) is 7.71. The van der Waals surface area contributed by atoms with Crippen molar-refractivity contribution in [3.8, 4) is 0 Å². The molecule has 1 aliphatic rings. The van der Waals surface area contributed by atoms with E-state index in [1.165, 1.54) is 0 Å². The van der Waals surface area contributed by atoms with Crippen LogP contribution in [-0.4, -0.2) is 28.9 Å². The molecule has 30 heavy (non-hydrogen) atoms. The number of oxazole rings is 1. The van der Waals surface area contributed by atoms with Gasteiger partial charge in [-0.25, -0.2) is 4.98 Å². The van der Waals surface area contributed by atoms with E-state index in [0.29, 0.717) is 36.2 Å². The molecule has 1 aliphatic heterocycles. The van der Waals surface area contributed by atoms with Crippen molar-refractivity contribution in [2.45, 2.75) is 25.2 Å². The highest BCUT2D eigenvalue weighted by Gasteiger charge is 2.29. The number of hydrogen-bond donors (Lipinski definition) is 0. The standard InChI is InChI=1S/C24H21ClN2O3/c25-19-8-3-5-16(11-19)12-20-14-26-23(29-20)18-7-4-10-27(15-18)24(28)22-13-17-6-1-2-9-21(17)30-22/h1-3,5-6,8-9,11,13-14,18H,4,7,10,12,15H2/t18-/m0/s1. The lowest BCUT2D eigenvalue weighted by Crippen LogP contribution is -2.39. The average molecular weight is 421 g/mol. The third kappa shape index (κ3) is 3.85. The zero-order valence-electron chi connectivity index (χ0n) is 16.4. The van der Waals surface area contributed by atoms with Crippen LogP contribution in [0.2, 0.25) is 5.02 Å². The van der Waals surface area contributed by atoms with Gasteiger partial charge in [-0.15, -0.1) is 0 Å². The summed E-state index contributed by atoms with van der Waals surface area (Å²) in [4.78, 5) is 19.3. The van der Waals surface area contributed by atoms with Crippen molar-refractivity contribution >= 4 is 28.5 Å². The molecule has 0 radical (unpaired) electrons. The highest BCUT2D eigenvalue weighted by molar-refractivity contribution is 6.30. The molecule has 2 aromatic heterocycles. The summed E-state index contributed by atoms with van der Waals surface area (Å²) < 4.78 is 11.8. The lowest BCUT2D eigenvalue weighted by Gasteiger charge is -2.30. The van der Waals surface area contributed by atoms with Crippen LogP contribution in [0.1, 0.15) is 46.5 Å². The van der Waals surface area contributed by atoms with E-state index in [1.54, 1.807) is 6.20 Å². The maximum Gasteiger partial charge on any atom is 0.289 e. The maximum absolute atomic E-state index is 13.0. The predicted octanol–water partition coefficient (Wildman–Crippen LogP) is 5.68. The fourth-order valence-corrected chi connectivity index (χ4v) is 4.26. The number of nitrogens with zero attached hydrogens (tertiary/aromatic N) is 2. The Morgan fingerprint density at radius 2 is 2.03 bits per heavy atom. The fraction of sp³-hybridized carbons (Fsp3) is 0.250. The molecule has 0 spiro atoms. The highest BCUT2D eigenvalue weighted by Crippen LogP contribution is 2.29. The van der Waals surface area contributed by atoms with E-state index in [-0.39, 0.29) is 11.8 Å². The van der Waals surface area contributed by atoms with Gasteiger partial charge in [0.2, 0.25) is 0 Å². The summed E-state index contributed by atoms with van der Waals surface area (Å²) in [7, 11) is 0. The van der Waals surface area contributed by atoms with Crippen LogP contribution >= 0.6 is 11.6 Å². The third-order valence-electron chi connectivity index (χ3n) is 5.53. The first-order chi connectivity index (χ1) is 14.7. The normalized spacial score (nSPS) is 16.8. The number of benzene rings is 2. The van der Waals surface area contributed by atoms with Crippen molar-refractivity contribution in [2.75, 3.05) is 13.1 Å². The molecule has 2 aromatic carbocycles. The van der Waals surface area contributed by atoms with Gasteiger partial charge in [0, 0.05) is 29.9 Å². The summed E-state index contributed by atoms with van der Waals surface area (Å²) in [6.45, 7) is 1.29. The largest absolute Gasteiger partial charge is 0.451 e. The number of halogens is 1. The van der Waals surface area contributed by atoms with Crippen LogP contribution in [0.5, 0.6) is 0 Å². The Labute approximate surface area is 179 Å². The summed E-state index contributed by atoms with van der Waals surface area (Å²) >= 11 is 6.07. The SMILES string of the molecule is O=C(c1cc2ccccc2o1)N1CCC[C@H](c2ncc(Cc3cccc(Cl)c3)o2)C1. The molecule has 3 heterocycles. The molecule has 5 nitrogen and oxygen atoms in total. The number of likely N-dealkylation sites (tertiary alicyclic amines) is 1. The highest BCUT2D eigenvalue weighted by atomic mass is 35.5. The van der Waals surface area contributed by atoms with Crippen LogP contribution in [0.15, 0.2) is 69.6 Å². The quantitative estimate of drug-likeness (QED) is 0.426. The van der Waals surface area contributed by atoms with Gasteiger partial charge in [-0.2, -0.15) is 0 Å². The van der Waals surface area contributed by atoms with E-state index in [2.05, 4.69) is 4.98 Å². The lowest BCUT2D eigenvalue weighted by molar-refractivity contribution is 0.0668. The second kappa shape index (κ2) is 8.00. The summed E-state index contributed by atoms with van der Waals surface area (Å²) in [6.07, 6.45) is 4.27. The van der Waals surface area contributed by atoms with Gasteiger partial charge in [-0.05, 0) is 42.7 Å². The molecule has 0 saturated carbocycles. The van der Waals surface area contributed by atoms with Gasteiger partial charge in [-0.3, -0.25) is 4.79 Å². The molecule has 152 valence electrons. The van der Waals surface area contributed by atoms with Gasteiger partial charge in [-0.1, -0.05) is 41.9 Å². The zero-order valence-corrected chi connectivity index (χ0v) is 17.1. The number of fused-ring (bicyclic) bond motifs is 1. The smallest absolute Gasteiger partial charge is 0.289 e. The van der Waals surface area contributed by atoms with Crippen LogP contribution in [0.25, 0.3) is 11.0 Å². The summed E-state index contributed by atoms with van der Waals surface area (Å²) in [5.74, 6) is 1.87. The summed E-state index contributed by atoms with van der Waals surface area (Å²) in [5.41, 5.74) is 1.81. The molecule has 5 rings (SSSR count). The fourth-order valence-electron chi connectivity index (χ4n) is 4.05. The van der Waals surface area contributed by atoms with Gasteiger partial charge in [0.25, 0.3) is 5.91 Å². The molecule has 0 bridgehead atoms. The van der Waals surface area contributed by atoms with E-state index < -0.39 is 0 Å². The van der Waals surface area contributed by atoms with E-state index in [1.807, 2.05) is 59.5 Å². The molecule has 0 aliphatic carbocycles. The van der Waals surface area contributed by atoms with Crippen molar-refractivity contribution in [1.29, 1.82) is 0 Å². The third-order valence-corrected chi connectivity index (χ3v) is 5.77. The van der Waals surface area contributed by atoms with Crippen LogP contribution in [0.3, 0.4) is 0 Å². The first-order valence-electron chi connectivity index (χ1n) is 10.1. The number of carbonyl (C=O) groups excluding carboxylic acids is 1. The minimum atomic E-state index is -0.0818. The van der Waals surface area contributed by atoms with Crippen LogP contribution in [-0.2, 0) is 6.42 Å². The Kier molecular flexibility index (Phi) is 5.05. The van der Waals surface area contributed by atoms with E-state index in [4.69, 9.17) is 20.4 Å². The number of para-hydroxylation sites is 1. The van der Waals surface area contributed by atoms with Crippen molar-refractivity contribution in [3.63, 3.8) is 0 Å². The molecule has 1 saturated heterocycles. The van der Waals surface area contributed by atoms with Crippen LogP contribution in [0.4, 0.5) is 0 Å². The Balaban J connectivity index is 1.29. The summed E-state index contributed by atoms with van der Waals surface area (Å²) in [6, 6.07) is 17.2. The van der Waals surface area contributed by atoms with Gasteiger partial charge < -0.3 is 13.7 Å². The van der Waals surface area contributed by atoms with E-state index >= 15 is 0 Å². The van der Waals surface area contributed by atoms with Crippen LogP contribution < -0.4 is 0 Å². The number of hydrogen-bond acceptors (Lipinski definition) is 4. The van der Waals surface area contributed by atoms with Crippen LogP contribution in [0, 0.1) is 0 Å². The average Bonchev–Trinajstić information content (AvgIpc) is 3.40. The minimum absolute atomic E-state index is 0.0818. The predicted molar refractivity (Wildman–Crippen MR) is 115 cm³/mol. The van der Waals surface area contributed by atoms with Gasteiger partial charge in [0.1, 0.15) is 11.3 Å². The number of aromatic nitrogens is 1. The Hall–Kier alpha value is -3.05. The molecule has 0 N–H and O–H groups in total. The molecule has 0 unspecified atom stereocenters. The lowest BCUT2D eigenvalue weighted by atomic mass is 9.98. The summed E-state index contributed by atoms with van der Waals surface area (Å²) in [5, 5.41) is 1.65. The van der Waals surface area contributed by atoms with Gasteiger partial charge >= 0.3 is 0 Å². The molecule has 1 fully saturated rings. The number of rotatable bonds is 4. The maximum atomic E-state index is 13.0. The van der Waals surface area contributed by atoms with Gasteiger partial charge in [0.15, 0.2) is 11.7 Å². The topological polar surface area (TPSA) is 59.5 Å². The number of carbonyl (C=O) groups is 1. The Morgan fingerprint density at radius 1 is 1.13 bits per heavy atom. The molecule has 6 heteroatoms. The molecule has 1 atom stereocenters. The number of amides is 1. The first-order valence-corrected chi connectivity index (χ1v) is 10.5. The van der Waals surface area contributed by atoms with Crippen molar-refractivity contribution in [3.05, 3.63) is 88.8 Å². The number of furan rings is 1. The Morgan fingerprint density at radius 3 is 2.90 bits per heavy atom. The van der Waals surface area contributed by atoms with E-state index in [9.17, 15) is 4.79 Å². The van der Waals surface area contributed by atoms with E-state index in [0.717, 1.165) is 35.1 Å². The molecular weight excluding hydrogens is 400 g/mol. The molecular formula is C24H21ClN2O3. The minimum Gasteiger partial charge on any atom is -0.451 e. The first kappa shape index (κ1) is 18.9. The molecule has 1 amide bonds.